The third kappa shape index (κ3) is 2.82. The van der Waals surface area contributed by atoms with Gasteiger partial charge in [-0.15, -0.1) is 0 Å². The third-order valence-electron chi connectivity index (χ3n) is 3.78. The molecule has 2 aromatic rings. The lowest BCUT2D eigenvalue weighted by atomic mass is 10.1. The van der Waals surface area contributed by atoms with Gasteiger partial charge in [0.05, 0.1) is 12.6 Å². The van der Waals surface area contributed by atoms with Crippen molar-refractivity contribution in [2.24, 2.45) is 0 Å². The molecule has 1 amide bonds. The molecule has 0 bridgehead atoms. The molecule has 0 radical (unpaired) electrons. The Hall–Kier alpha value is -2.15. The number of amides is 1. The number of nitrogens with zero attached hydrogens (tertiary/aromatic N) is 4. The second-order valence-corrected chi connectivity index (χ2v) is 5.24. The van der Waals surface area contributed by atoms with E-state index in [1.54, 1.807) is 19.2 Å². The van der Waals surface area contributed by atoms with E-state index in [4.69, 9.17) is 4.52 Å². The van der Waals surface area contributed by atoms with Gasteiger partial charge in [0.1, 0.15) is 11.6 Å². The molecule has 0 saturated carbocycles. The molecule has 1 N–H and O–H groups in total. The van der Waals surface area contributed by atoms with Gasteiger partial charge < -0.3 is 14.4 Å². The summed E-state index contributed by atoms with van der Waals surface area (Å²) in [5, 5.41) is 6.62. The second kappa shape index (κ2) is 5.69. The van der Waals surface area contributed by atoms with Gasteiger partial charge in [-0.25, -0.2) is 4.98 Å². The summed E-state index contributed by atoms with van der Waals surface area (Å²) in [6.45, 7) is 6.20. The maximum absolute atomic E-state index is 12.4. The van der Waals surface area contributed by atoms with Crippen LogP contribution in [-0.2, 0) is 17.9 Å². The summed E-state index contributed by atoms with van der Waals surface area (Å²) in [6.07, 6.45) is 4.52. The van der Waals surface area contributed by atoms with Crippen molar-refractivity contribution in [3.8, 4) is 0 Å². The van der Waals surface area contributed by atoms with Gasteiger partial charge in [-0.1, -0.05) is 12.1 Å². The van der Waals surface area contributed by atoms with Crippen LogP contribution in [0.15, 0.2) is 23.0 Å². The van der Waals surface area contributed by atoms with Gasteiger partial charge in [0.25, 0.3) is 0 Å². The van der Waals surface area contributed by atoms with Crippen LogP contribution in [-0.4, -0.2) is 38.1 Å². The molecule has 0 unspecified atom stereocenters. The maximum Gasteiger partial charge on any atom is 0.242 e. The van der Waals surface area contributed by atoms with Crippen molar-refractivity contribution in [1.82, 2.24) is 19.6 Å². The highest BCUT2D eigenvalue weighted by molar-refractivity contribution is 5.93. The number of carbonyl (C=O) groups is 1. The van der Waals surface area contributed by atoms with Gasteiger partial charge in [0, 0.05) is 31.5 Å². The van der Waals surface area contributed by atoms with Crippen LogP contribution in [0.4, 0.5) is 5.82 Å². The molecule has 0 spiro atoms. The van der Waals surface area contributed by atoms with Crippen molar-refractivity contribution in [2.45, 2.75) is 39.4 Å². The molecule has 112 valence electrons. The summed E-state index contributed by atoms with van der Waals surface area (Å²) in [5.74, 6) is 2.10. The van der Waals surface area contributed by atoms with E-state index in [1.807, 2.05) is 13.1 Å². The van der Waals surface area contributed by atoms with Crippen LogP contribution < -0.4 is 5.32 Å². The van der Waals surface area contributed by atoms with Crippen LogP contribution in [0, 0.1) is 6.92 Å². The Kier molecular flexibility index (Phi) is 3.74. The standard InChI is InChI=1S/C14H19N5O2/c1-3-11(14(20)16-12-8-10(2)21-17-12)19-7-6-18-5-4-15-13(18)9-19/h4-5,8,11H,3,6-7,9H2,1-2H3,(H,16,17,20)/t11-/m1/s1. The van der Waals surface area contributed by atoms with Crippen molar-refractivity contribution in [1.29, 1.82) is 0 Å². The first-order chi connectivity index (χ1) is 10.2. The largest absolute Gasteiger partial charge is 0.360 e. The number of anilines is 1. The topological polar surface area (TPSA) is 76.2 Å². The highest BCUT2D eigenvalue weighted by Gasteiger charge is 2.28. The number of rotatable bonds is 4. The van der Waals surface area contributed by atoms with E-state index in [1.165, 1.54) is 0 Å². The summed E-state index contributed by atoms with van der Waals surface area (Å²) in [5.41, 5.74) is 0. The fraction of sp³-hybridized carbons (Fsp3) is 0.500. The van der Waals surface area contributed by atoms with E-state index < -0.39 is 0 Å². The summed E-state index contributed by atoms with van der Waals surface area (Å²) >= 11 is 0. The molecule has 0 fully saturated rings. The average Bonchev–Trinajstić information content (AvgIpc) is 3.08. The molecule has 0 saturated heterocycles. The van der Waals surface area contributed by atoms with Gasteiger partial charge in [-0.3, -0.25) is 9.69 Å². The summed E-state index contributed by atoms with van der Waals surface area (Å²) in [6, 6.07) is 1.53. The van der Waals surface area contributed by atoms with Gasteiger partial charge >= 0.3 is 0 Å². The number of aromatic nitrogens is 3. The number of fused-ring (bicyclic) bond motifs is 1. The molecule has 3 heterocycles. The Morgan fingerprint density at radius 2 is 2.38 bits per heavy atom. The van der Waals surface area contributed by atoms with E-state index in [0.717, 1.165) is 25.3 Å². The highest BCUT2D eigenvalue weighted by atomic mass is 16.5. The van der Waals surface area contributed by atoms with Crippen LogP contribution in [0.3, 0.4) is 0 Å². The van der Waals surface area contributed by atoms with E-state index in [9.17, 15) is 4.79 Å². The molecule has 1 atom stereocenters. The number of carbonyl (C=O) groups excluding carboxylic acids is 1. The van der Waals surface area contributed by atoms with Gasteiger partial charge in [0.2, 0.25) is 5.91 Å². The quantitative estimate of drug-likeness (QED) is 0.921. The van der Waals surface area contributed by atoms with Crippen LogP contribution in [0.2, 0.25) is 0 Å². The molecule has 21 heavy (non-hydrogen) atoms. The van der Waals surface area contributed by atoms with E-state index in [2.05, 4.69) is 24.9 Å². The average molecular weight is 289 g/mol. The zero-order valence-electron chi connectivity index (χ0n) is 12.2. The van der Waals surface area contributed by atoms with Gasteiger partial charge in [-0.05, 0) is 13.3 Å². The molecular weight excluding hydrogens is 270 g/mol. The van der Waals surface area contributed by atoms with Gasteiger partial charge in [-0.2, -0.15) is 0 Å². The number of imidazole rings is 1. The van der Waals surface area contributed by atoms with Crippen molar-refractivity contribution in [3.63, 3.8) is 0 Å². The van der Waals surface area contributed by atoms with Crippen molar-refractivity contribution in [3.05, 3.63) is 30.0 Å². The van der Waals surface area contributed by atoms with Crippen molar-refractivity contribution in [2.75, 3.05) is 11.9 Å². The Labute approximate surface area is 122 Å². The van der Waals surface area contributed by atoms with E-state index in [-0.39, 0.29) is 11.9 Å². The number of hydrogen-bond donors (Lipinski definition) is 1. The number of hydrogen-bond acceptors (Lipinski definition) is 5. The third-order valence-corrected chi connectivity index (χ3v) is 3.78. The highest BCUT2D eigenvalue weighted by Crippen LogP contribution is 2.17. The minimum atomic E-state index is -0.188. The smallest absolute Gasteiger partial charge is 0.242 e. The van der Waals surface area contributed by atoms with E-state index in [0.29, 0.717) is 18.1 Å². The SMILES string of the molecule is CC[C@H](C(=O)Nc1cc(C)on1)N1CCn2ccnc2C1. The first-order valence-corrected chi connectivity index (χ1v) is 7.15. The predicted molar refractivity (Wildman–Crippen MR) is 76.6 cm³/mol. The summed E-state index contributed by atoms with van der Waals surface area (Å²) < 4.78 is 7.10. The molecule has 7 nitrogen and oxygen atoms in total. The zero-order chi connectivity index (χ0) is 14.8. The first-order valence-electron chi connectivity index (χ1n) is 7.15. The second-order valence-electron chi connectivity index (χ2n) is 5.24. The zero-order valence-corrected chi connectivity index (χ0v) is 12.2. The molecule has 7 heteroatoms. The lowest BCUT2D eigenvalue weighted by molar-refractivity contribution is -0.122. The van der Waals surface area contributed by atoms with Crippen LogP contribution in [0.25, 0.3) is 0 Å². The predicted octanol–water partition coefficient (Wildman–Crippen LogP) is 1.41. The Morgan fingerprint density at radius 1 is 1.52 bits per heavy atom. The minimum Gasteiger partial charge on any atom is -0.360 e. The molecule has 1 aliphatic heterocycles. The van der Waals surface area contributed by atoms with Crippen LogP contribution >= 0.6 is 0 Å². The lowest BCUT2D eigenvalue weighted by Crippen LogP contribution is -2.47. The number of nitrogens with one attached hydrogen (secondary N) is 1. The Balaban J connectivity index is 1.69. The molecule has 0 aliphatic carbocycles. The molecule has 0 aromatic carbocycles. The fourth-order valence-electron chi connectivity index (χ4n) is 2.70. The normalized spacial score (nSPS) is 16.5. The molecular formula is C14H19N5O2. The molecule has 1 aliphatic rings. The Morgan fingerprint density at radius 3 is 3.10 bits per heavy atom. The summed E-state index contributed by atoms with van der Waals surface area (Å²) in [4.78, 5) is 18.9. The lowest BCUT2D eigenvalue weighted by Gasteiger charge is -2.33. The molecule has 2 aromatic heterocycles. The summed E-state index contributed by atoms with van der Waals surface area (Å²) in [7, 11) is 0. The van der Waals surface area contributed by atoms with Crippen LogP contribution in [0.5, 0.6) is 0 Å². The monoisotopic (exact) mass is 289 g/mol. The Bertz CT molecular complexity index is 633. The minimum absolute atomic E-state index is 0.0502. The first kappa shape index (κ1) is 13.8. The number of aryl methyl sites for hydroxylation is 1. The molecule has 3 rings (SSSR count). The van der Waals surface area contributed by atoms with Gasteiger partial charge in [0.15, 0.2) is 5.82 Å². The fourth-order valence-corrected chi connectivity index (χ4v) is 2.70. The van der Waals surface area contributed by atoms with Crippen molar-refractivity contribution >= 4 is 11.7 Å². The maximum atomic E-state index is 12.4. The van der Waals surface area contributed by atoms with Crippen LogP contribution in [0.1, 0.15) is 24.9 Å². The van der Waals surface area contributed by atoms with E-state index >= 15 is 0 Å². The van der Waals surface area contributed by atoms with Crippen molar-refractivity contribution < 1.29 is 9.32 Å².